The maximum absolute atomic E-state index is 10.8. The van der Waals surface area contributed by atoms with E-state index in [9.17, 15) is 5.11 Å². The first kappa shape index (κ1) is 25.5. The minimum atomic E-state index is -0.862. The van der Waals surface area contributed by atoms with E-state index in [1.54, 1.807) is 6.20 Å². The van der Waals surface area contributed by atoms with E-state index in [1.165, 1.54) is 0 Å². The highest BCUT2D eigenvalue weighted by Gasteiger charge is 2.25. The van der Waals surface area contributed by atoms with Crippen molar-refractivity contribution < 1.29 is 9.84 Å². The van der Waals surface area contributed by atoms with Crippen molar-refractivity contribution >= 4 is 29.9 Å². The Bertz CT molecular complexity index is 817. The number of β-amino-alcohol motifs (C(OH)–C–C–N with tert-alkyl or cyclic N) is 1. The number of morpholine rings is 1. The van der Waals surface area contributed by atoms with Gasteiger partial charge < -0.3 is 20.5 Å². The molecule has 1 aliphatic heterocycles. The van der Waals surface area contributed by atoms with Crippen molar-refractivity contribution in [1.82, 2.24) is 30.1 Å². The number of aliphatic imine (C=N–C) groups is 1. The van der Waals surface area contributed by atoms with Crippen molar-refractivity contribution in [3.8, 4) is 5.82 Å². The van der Waals surface area contributed by atoms with Crippen LogP contribution in [0.3, 0.4) is 0 Å². The second kappa shape index (κ2) is 12.3. The SMILES string of the molecule is CCNC(=NCc1ccc(-n2ccnc2C)nc1)NCC(C)(O)CN1CCOCC1.I. The molecule has 0 aromatic carbocycles. The molecule has 0 saturated carbocycles. The summed E-state index contributed by atoms with van der Waals surface area (Å²) in [6.07, 6.45) is 5.49. The maximum Gasteiger partial charge on any atom is 0.191 e. The molecule has 31 heavy (non-hydrogen) atoms. The summed E-state index contributed by atoms with van der Waals surface area (Å²) in [7, 11) is 0. The summed E-state index contributed by atoms with van der Waals surface area (Å²) in [5, 5.41) is 17.3. The van der Waals surface area contributed by atoms with E-state index in [0.717, 1.165) is 50.1 Å². The molecule has 0 radical (unpaired) electrons. The lowest BCUT2D eigenvalue weighted by molar-refractivity contribution is -0.0201. The Morgan fingerprint density at radius 1 is 1.26 bits per heavy atom. The third-order valence-corrected chi connectivity index (χ3v) is 4.95. The molecule has 3 N–H and O–H groups in total. The van der Waals surface area contributed by atoms with Crippen molar-refractivity contribution in [2.24, 2.45) is 4.99 Å². The van der Waals surface area contributed by atoms with Crippen molar-refractivity contribution in [2.75, 3.05) is 45.9 Å². The smallest absolute Gasteiger partial charge is 0.191 e. The summed E-state index contributed by atoms with van der Waals surface area (Å²) in [4.78, 5) is 15.6. The van der Waals surface area contributed by atoms with Gasteiger partial charge >= 0.3 is 0 Å². The third-order valence-electron chi connectivity index (χ3n) is 4.95. The molecule has 0 aliphatic carbocycles. The quantitative estimate of drug-likeness (QED) is 0.263. The van der Waals surface area contributed by atoms with Gasteiger partial charge in [0.05, 0.1) is 25.4 Å². The van der Waals surface area contributed by atoms with Gasteiger partial charge in [-0.1, -0.05) is 6.07 Å². The molecule has 1 atom stereocenters. The van der Waals surface area contributed by atoms with E-state index in [4.69, 9.17) is 4.74 Å². The number of pyridine rings is 1. The summed E-state index contributed by atoms with van der Waals surface area (Å²) in [6, 6.07) is 3.98. The predicted octanol–water partition coefficient (Wildman–Crippen LogP) is 1.33. The Morgan fingerprint density at radius 2 is 2.03 bits per heavy atom. The normalized spacial score (nSPS) is 17.0. The first-order valence-corrected chi connectivity index (χ1v) is 10.5. The van der Waals surface area contributed by atoms with E-state index < -0.39 is 5.60 Å². The van der Waals surface area contributed by atoms with Crippen LogP contribution in [0.5, 0.6) is 0 Å². The summed E-state index contributed by atoms with van der Waals surface area (Å²) < 4.78 is 7.31. The fraction of sp³-hybridized carbons (Fsp3) is 0.571. The minimum Gasteiger partial charge on any atom is -0.387 e. The molecule has 0 bridgehead atoms. The molecule has 2 aromatic rings. The Balaban J connectivity index is 0.00000341. The molecular weight excluding hydrogens is 509 g/mol. The van der Waals surface area contributed by atoms with Crippen LogP contribution < -0.4 is 10.6 Å². The van der Waals surface area contributed by atoms with Crippen molar-refractivity contribution in [1.29, 1.82) is 0 Å². The monoisotopic (exact) mass is 543 g/mol. The molecule has 9 nitrogen and oxygen atoms in total. The molecule has 1 aliphatic rings. The summed E-state index contributed by atoms with van der Waals surface area (Å²) >= 11 is 0. The average molecular weight is 543 g/mol. The second-order valence-electron chi connectivity index (χ2n) is 7.80. The first-order chi connectivity index (χ1) is 14.5. The molecular formula is C21H34IN7O2. The summed E-state index contributed by atoms with van der Waals surface area (Å²) in [5.41, 5.74) is 0.146. The van der Waals surface area contributed by atoms with Gasteiger partial charge in [0.1, 0.15) is 11.6 Å². The van der Waals surface area contributed by atoms with Gasteiger partial charge in [-0.3, -0.25) is 9.47 Å². The van der Waals surface area contributed by atoms with Gasteiger partial charge in [0.25, 0.3) is 0 Å². The molecule has 3 rings (SSSR count). The molecule has 1 unspecified atom stereocenters. The topological polar surface area (TPSA) is 99.8 Å². The Hall–Kier alpha value is -1.76. The zero-order valence-electron chi connectivity index (χ0n) is 18.5. The standard InChI is InChI=1S/C21H33N7O2.HI/c1-4-22-20(26-15-21(3,29)16-27-9-11-30-12-10-27)25-14-18-5-6-19(24-13-18)28-8-7-23-17(28)2;/h5-8,13,29H,4,9-12,14-16H2,1-3H3,(H2,22,25,26);1H. The number of aliphatic hydroxyl groups is 1. The van der Waals surface area contributed by atoms with Gasteiger partial charge in [-0.15, -0.1) is 24.0 Å². The average Bonchev–Trinajstić information content (AvgIpc) is 3.17. The largest absolute Gasteiger partial charge is 0.387 e. The van der Waals surface area contributed by atoms with Crippen LogP contribution >= 0.6 is 24.0 Å². The van der Waals surface area contributed by atoms with Crippen LogP contribution in [0.1, 0.15) is 25.2 Å². The zero-order chi connectivity index (χ0) is 21.4. The number of imidazole rings is 1. The van der Waals surface area contributed by atoms with Gasteiger partial charge in [-0.2, -0.15) is 0 Å². The molecule has 3 heterocycles. The highest BCUT2D eigenvalue weighted by molar-refractivity contribution is 14.0. The van der Waals surface area contributed by atoms with E-state index in [0.29, 0.717) is 25.6 Å². The van der Waals surface area contributed by atoms with E-state index in [2.05, 4.69) is 30.5 Å². The van der Waals surface area contributed by atoms with E-state index in [-0.39, 0.29) is 24.0 Å². The number of halogens is 1. The van der Waals surface area contributed by atoms with Crippen LogP contribution in [0, 0.1) is 6.92 Å². The molecule has 1 saturated heterocycles. The van der Waals surface area contributed by atoms with Gasteiger partial charge in [0.15, 0.2) is 5.96 Å². The van der Waals surface area contributed by atoms with Crippen molar-refractivity contribution in [3.63, 3.8) is 0 Å². The van der Waals surface area contributed by atoms with Crippen molar-refractivity contribution in [3.05, 3.63) is 42.1 Å². The van der Waals surface area contributed by atoms with Crippen LogP contribution in [0.15, 0.2) is 35.7 Å². The summed E-state index contributed by atoms with van der Waals surface area (Å²) in [5.74, 6) is 2.41. The van der Waals surface area contributed by atoms with E-state index >= 15 is 0 Å². The number of aryl methyl sites for hydroxylation is 1. The van der Waals surface area contributed by atoms with Crippen LogP contribution in [0.25, 0.3) is 5.82 Å². The van der Waals surface area contributed by atoms with Crippen LogP contribution in [0.2, 0.25) is 0 Å². The fourth-order valence-corrected chi connectivity index (χ4v) is 3.36. The minimum absolute atomic E-state index is 0. The lowest BCUT2D eigenvalue weighted by Gasteiger charge is -2.34. The Labute approximate surface area is 201 Å². The molecule has 0 spiro atoms. The van der Waals surface area contributed by atoms with Crippen LogP contribution in [-0.2, 0) is 11.3 Å². The fourth-order valence-electron chi connectivity index (χ4n) is 3.36. The maximum atomic E-state index is 10.8. The molecule has 172 valence electrons. The number of hydrogen-bond acceptors (Lipinski definition) is 6. The van der Waals surface area contributed by atoms with Crippen LogP contribution in [-0.4, -0.2) is 82.0 Å². The molecule has 1 fully saturated rings. The lowest BCUT2D eigenvalue weighted by atomic mass is 10.1. The predicted molar refractivity (Wildman–Crippen MR) is 132 cm³/mol. The zero-order valence-corrected chi connectivity index (χ0v) is 20.9. The Kier molecular flexibility index (Phi) is 10.1. The highest BCUT2D eigenvalue weighted by atomic mass is 127. The van der Waals surface area contributed by atoms with Gasteiger partial charge in [-0.25, -0.2) is 15.0 Å². The number of ether oxygens (including phenoxy) is 1. The number of rotatable bonds is 8. The number of nitrogens with zero attached hydrogens (tertiary/aromatic N) is 5. The Morgan fingerprint density at radius 3 is 2.65 bits per heavy atom. The van der Waals surface area contributed by atoms with Gasteiger partial charge in [0.2, 0.25) is 0 Å². The molecule has 2 aromatic heterocycles. The second-order valence-corrected chi connectivity index (χ2v) is 7.80. The highest BCUT2D eigenvalue weighted by Crippen LogP contribution is 2.10. The van der Waals surface area contributed by atoms with Gasteiger partial charge in [-0.05, 0) is 32.4 Å². The molecule has 0 amide bonds. The first-order valence-electron chi connectivity index (χ1n) is 10.5. The van der Waals surface area contributed by atoms with E-state index in [1.807, 2.05) is 49.9 Å². The number of hydrogen-bond donors (Lipinski definition) is 3. The third kappa shape index (κ3) is 8.02. The summed E-state index contributed by atoms with van der Waals surface area (Å²) in [6.45, 7) is 11.2. The van der Waals surface area contributed by atoms with Crippen molar-refractivity contribution in [2.45, 2.75) is 32.9 Å². The number of guanidine groups is 1. The number of aromatic nitrogens is 3. The van der Waals surface area contributed by atoms with Gasteiger partial charge in [0, 0.05) is 51.3 Å². The molecule has 10 heteroatoms. The van der Waals surface area contributed by atoms with Crippen LogP contribution in [0.4, 0.5) is 0 Å². The lowest BCUT2D eigenvalue weighted by Crippen LogP contribution is -2.52. The number of nitrogens with one attached hydrogen (secondary N) is 2.